The maximum atomic E-state index is 5.88. The summed E-state index contributed by atoms with van der Waals surface area (Å²) in [6.07, 6.45) is 2.04. The molecular weight excluding hydrogens is 218 g/mol. The quantitative estimate of drug-likeness (QED) is 0.831. The number of nitrogens with one attached hydrogen (secondary N) is 1. The van der Waals surface area contributed by atoms with E-state index in [0.717, 1.165) is 29.6 Å². The molecule has 0 amide bonds. The van der Waals surface area contributed by atoms with Crippen molar-refractivity contribution in [3.63, 3.8) is 0 Å². The zero-order chi connectivity index (χ0) is 12.4. The highest BCUT2D eigenvalue weighted by Gasteiger charge is 2.19. The van der Waals surface area contributed by atoms with Crippen molar-refractivity contribution in [2.45, 2.75) is 39.3 Å². The zero-order valence-corrected chi connectivity index (χ0v) is 10.5. The van der Waals surface area contributed by atoms with E-state index >= 15 is 0 Å². The van der Waals surface area contributed by atoms with E-state index < -0.39 is 0 Å². The van der Waals surface area contributed by atoms with E-state index in [1.165, 1.54) is 0 Å². The molecule has 0 spiro atoms. The molecule has 3 N–H and O–H groups in total. The molecule has 0 fully saturated rings. The molecule has 0 saturated heterocycles. The van der Waals surface area contributed by atoms with Gasteiger partial charge in [0.1, 0.15) is 11.5 Å². The van der Waals surface area contributed by atoms with Crippen molar-refractivity contribution in [3.8, 4) is 0 Å². The Morgan fingerprint density at radius 3 is 2.71 bits per heavy atom. The Morgan fingerprint density at radius 1 is 1.41 bits per heavy atom. The number of nitrogen functional groups attached to an aromatic ring is 1. The second-order valence-corrected chi connectivity index (χ2v) is 4.13. The summed E-state index contributed by atoms with van der Waals surface area (Å²) in [5.41, 5.74) is 7.55. The van der Waals surface area contributed by atoms with Gasteiger partial charge in [0.05, 0.1) is 18.0 Å². The van der Waals surface area contributed by atoms with Crippen LogP contribution in [-0.4, -0.2) is 27.1 Å². The Morgan fingerprint density at radius 2 is 2.12 bits per heavy atom. The van der Waals surface area contributed by atoms with E-state index in [0.29, 0.717) is 18.5 Å². The van der Waals surface area contributed by atoms with E-state index in [9.17, 15) is 0 Å². The SMILES string of the molecule is CCC(CC)n1nc(COC)c2c(N)[nH]nc21. The van der Waals surface area contributed by atoms with Gasteiger partial charge < -0.3 is 10.5 Å². The third kappa shape index (κ3) is 1.88. The summed E-state index contributed by atoms with van der Waals surface area (Å²) < 4.78 is 7.10. The maximum Gasteiger partial charge on any atom is 0.182 e. The topological polar surface area (TPSA) is 81.8 Å². The van der Waals surface area contributed by atoms with E-state index in [1.54, 1.807) is 7.11 Å². The second-order valence-electron chi connectivity index (χ2n) is 4.13. The molecule has 6 heteroatoms. The highest BCUT2D eigenvalue weighted by Crippen LogP contribution is 2.27. The highest BCUT2D eigenvalue weighted by atomic mass is 16.5. The van der Waals surface area contributed by atoms with E-state index in [-0.39, 0.29) is 0 Å². The average molecular weight is 237 g/mol. The van der Waals surface area contributed by atoms with Crippen LogP contribution in [0.4, 0.5) is 5.82 Å². The van der Waals surface area contributed by atoms with Gasteiger partial charge in [0.2, 0.25) is 0 Å². The number of ether oxygens (including phenoxy) is 1. The molecule has 94 valence electrons. The standard InChI is InChI=1S/C11H19N5O/c1-4-7(5-2)16-11-9(10(12)13-14-11)8(15-16)6-17-3/h7H,4-6H2,1-3H3,(H3,12,13,14). The summed E-state index contributed by atoms with van der Waals surface area (Å²) in [5.74, 6) is 0.559. The van der Waals surface area contributed by atoms with Crippen LogP contribution in [0.15, 0.2) is 0 Å². The summed E-state index contributed by atoms with van der Waals surface area (Å²) in [7, 11) is 1.65. The van der Waals surface area contributed by atoms with Crippen molar-refractivity contribution in [3.05, 3.63) is 5.69 Å². The van der Waals surface area contributed by atoms with Gasteiger partial charge in [-0.2, -0.15) is 10.2 Å². The molecule has 0 atom stereocenters. The number of nitrogens with two attached hydrogens (primary N) is 1. The molecular formula is C11H19N5O. The van der Waals surface area contributed by atoms with E-state index in [1.807, 2.05) is 4.68 Å². The smallest absolute Gasteiger partial charge is 0.182 e. The minimum Gasteiger partial charge on any atom is -0.383 e. The molecule has 0 aromatic carbocycles. The molecule has 0 radical (unpaired) electrons. The molecule has 0 aliphatic heterocycles. The Bertz CT molecular complexity index is 497. The van der Waals surface area contributed by atoms with Crippen LogP contribution in [0.1, 0.15) is 38.4 Å². The number of H-pyrrole nitrogens is 1. The summed E-state index contributed by atoms with van der Waals surface area (Å²) in [5, 5.41) is 12.5. The van der Waals surface area contributed by atoms with Crippen LogP contribution in [0.25, 0.3) is 11.0 Å². The van der Waals surface area contributed by atoms with Crippen LogP contribution in [0.3, 0.4) is 0 Å². The van der Waals surface area contributed by atoms with Gasteiger partial charge in [-0.15, -0.1) is 0 Å². The molecule has 2 rings (SSSR count). The Labute approximate surface area is 100 Å². The number of nitrogens with zero attached hydrogens (tertiary/aromatic N) is 3. The van der Waals surface area contributed by atoms with Crippen LogP contribution in [0.5, 0.6) is 0 Å². The van der Waals surface area contributed by atoms with Crippen LogP contribution < -0.4 is 5.73 Å². The first kappa shape index (κ1) is 11.9. The van der Waals surface area contributed by atoms with Crippen LogP contribution >= 0.6 is 0 Å². The minimum atomic E-state index is 0.353. The fraction of sp³-hybridized carbons (Fsp3) is 0.636. The van der Waals surface area contributed by atoms with E-state index in [2.05, 4.69) is 29.1 Å². The van der Waals surface area contributed by atoms with Gasteiger partial charge in [0.15, 0.2) is 5.65 Å². The average Bonchev–Trinajstić information content (AvgIpc) is 2.85. The second kappa shape index (κ2) is 4.75. The summed E-state index contributed by atoms with van der Waals surface area (Å²) >= 11 is 0. The molecule has 2 heterocycles. The Hall–Kier alpha value is -1.56. The summed E-state index contributed by atoms with van der Waals surface area (Å²) in [4.78, 5) is 0. The van der Waals surface area contributed by atoms with Gasteiger partial charge >= 0.3 is 0 Å². The molecule has 17 heavy (non-hydrogen) atoms. The number of aromatic nitrogens is 4. The van der Waals surface area contributed by atoms with Crippen molar-refractivity contribution in [2.75, 3.05) is 12.8 Å². The number of fused-ring (bicyclic) bond motifs is 1. The fourth-order valence-electron chi connectivity index (χ4n) is 2.15. The molecule has 0 saturated carbocycles. The number of rotatable bonds is 5. The van der Waals surface area contributed by atoms with E-state index in [4.69, 9.17) is 10.5 Å². The van der Waals surface area contributed by atoms with Crippen LogP contribution in [-0.2, 0) is 11.3 Å². The monoisotopic (exact) mass is 237 g/mol. The molecule has 0 aliphatic carbocycles. The Kier molecular flexibility index (Phi) is 3.33. The molecule has 2 aromatic rings. The highest BCUT2D eigenvalue weighted by molar-refractivity contribution is 5.88. The van der Waals surface area contributed by atoms with Crippen LogP contribution in [0.2, 0.25) is 0 Å². The van der Waals surface area contributed by atoms with Crippen molar-refractivity contribution in [2.24, 2.45) is 0 Å². The largest absolute Gasteiger partial charge is 0.383 e. The van der Waals surface area contributed by atoms with Crippen molar-refractivity contribution >= 4 is 16.9 Å². The first-order valence-corrected chi connectivity index (χ1v) is 5.92. The van der Waals surface area contributed by atoms with Gasteiger partial charge in [-0.25, -0.2) is 4.68 Å². The minimum absolute atomic E-state index is 0.353. The van der Waals surface area contributed by atoms with Crippen LogP contribution in [0, 0.1) is 0 Å². The normalized spacial score (nSPS) is 11.8. The molecule has 0 aliphatic rings. The number of hydrogen-bond donors (Lipinski definition) is 2. The van der Waals surface area contributed by atoms with Gasteiger partial charge in [0.25, 0.3) is 0 Å². The number of hydrogen-bond acceptors (Lipinski definition) is 4. The number of aromatic amines is 1. The maximum absolute atomic E-state index is 5.88. The lowest BCUT2D eigenvalue weighted by atomic mass is 10.2. The first-order chi connectivity index (χ1) is 8.22. The van der Waals surface area contributed by atoms with Crippen molar-refractivity contribution < 1.29 is 4.74 Å². The number of anilines is 1. The molecule has 2 aromatic heterocycles. The van der Waals surface area contributed by atoms with Crippen molar-refractivity contribution in [1.29, 1.82) is 0 Å². The predicted octanol–water partition coefficient (Wildman–Crippen LogP) is 1.85. The lowest BCUT2D eigenvalue weighted by molar-refractivity contribution is 0.181. The zero-order valence-electron chi connectivity index (χ0n) is 10.5. The first-order valence-electron chi connectivity index (χ1n) is 5.92. The predicted molar refractivity (Wildman–Crippen MR) is 66.6 cm³/mol. The lowest BCUT2D eigenvalue weighted by Crippen LogP contribution is -2.09. The molecule has 6 nitrogen and oxygen atoms in total. The molecule has 0 unspecified atom stereocenters. The third-order valence-corrected chi connectivity index (χ3v) is 3.08. The fourth-order valence-corrected chi connectivity index (χ4v) is 2.15. The number of methoxy groups -OCH3 is 1. The van der Waals surface area contributed by atoms with Crippen molar-refractivity contribution in [1.82, 2.24) is 20.0 Å². The summed E-state index contributed by atoms with van der Waals surface area (Å²) in [6, 6.07) is 0.353. The Balaban J connectivity index is 2.56. The third-order valence-electron chi connectivity index (χ3n) is 3.08. The van der Waals surface area contributed by atoms with Gasteiger partial charge in [0, 0.05) is 7.11 Å². The lowest BCUT2D eigenvalue weighted by Gasteiger charge is -2.12. The molecule has 0 bridgehead atoms. The van der Waals surface area contributed by atoms with Gasteiger partial charge in [-0.05, 0) is 12.8 Å². The summed E-state index contributed by atoms with van der Waals surface area (Å²) in [6.45, 7) is 4.74. The van der Waals surface area contributed by atoms with Gasteiger partial charge in [-0.3, -0.25) is 5.10 Å². The van der Waals surface area contributed by atoms with Gasteiger partial charge in [-0.1, -0.05) is 13.8 Å².